The molecule has 31 heavy (non-hydrogen) atoms. The summed E-state index contributed by atoms with van der Waals surface area (Å²) < 4.78 is 0. The molecule has 9 heteroatoms. The number of piperazine rings is 1. The Morgan fingerprint density at radius 3 is 2.58 bits per heavy atom. The van der Waals surface area contributed by atoms with E-state index in [2.05, 4.69) is 16.0 Å². The second-order valence-corrected chi connectivity index (χ2v) is 8.12. The van der Waals surface area contributed by atoms with Crippen LogP contribution in [0.15, 0.2) is 18.2 Å². The fourth-order valence-corrected chi connectivity index (χ4v) is 4.20. The highest BCUT2D eigenvalue weighted by Gasteiger charge is 2.33. The molecule has 0 saturated carbocycles. The molecule has 3 amide bonds. The van der Waals surface area contributed by atoms with Crippen LogP contribution in [0.2, 0.25) is 0 Å². The number of nitrogens with two attached hydrogens (primary N) is 1. The third kappa shape index (κ3) is 6.10. The van der Waals surface area contributed by atoms with Gasteiger partial charge in [-0.3, -0.25) is 14.4 Å². The minimum Gasteiger partial charge on any atom is -0.397 e. The molecule has 2 aliphatic rings. The van der Waals surface area contributed by atoms with Gasteiger partial charge < -0.3 is 31.5 Å². The van der Waals surface area contributed by atoms with Crippen molar-refractivity contribution < 1.29 is 14.4 Å². The third-order valence-electron chi connectivity index (χ3n) is 5.98. The SMILES string of the molecule is CNc1ccc(CNC(=O)C2CCCN2C(=O)CCCC(=O)N2CCNCC2)cc1N. The van der Waals surface area contributed by atoms with Crippen molar-refractivity contribution in [2.24, 2.45) is 0 Å². The van der Waals surface area contributed by atoms with Gasteiger partial charge >= 0.3 is 0 Å². The molecule has 2 aliphatic heterocycles. The first kappa shape index (κ1) is 22.9. The molecule has 1 unspecified atom stereocenters. The van der Waals surface area contributed by atoms with E-state index in [1.807, 2.05) is 23.1 Å². The van der Waals surface area contributed by atoms with Crippen LogP contribution in [0, 0.1) is 0 Å². The molecule has 3 rings (SSSR count). The maximum atomic E-state index is 12.7. The van der Waals surface area contributed by atoms with Gasteiger partial charge in [0.15, 0.2) is 0 Å². The number of nitrogens with one attached hydrogen (secondary N) is 3. The topological polar surface area (TPSA) is 120 Å². The van der Waals surface area contributed by atoms with Gasteiger partial charge in [-0.25, -0.2) is 0 Å². The van der Waals surface area contributed by atoms with Crippen LogP contribution in [0.1, 0.15) is 37.7 Å². The van der Waals surface area contributed by atoms with Crippen molar-refractivity contribution in [3.8, 4) is 0 Å². The van der Waals surface area contributed by atoms with Crippen LogP contribution in [0.4, 0.5) is 11.4 Å². The lowest BCUT2D eigenvalue weighted by atomic mass is 10.1. The van der Waals surface area contributed by atoms with E-state index in [1.165, 1.54) is 0 Å². The second kappa shape index (κ2) is 11.0. The molecule has 0 bridgehead atoms. The Morgan fingerprint density at radius 1 is 1.13 bits per heavy atom. The Labute approximate surface area is 183 Å². The molecule has 0 spiro atoms. The lowest BCUT2D eigenvalue weighted by molar-refractivity contribution is -0.139. The second-order valence-electron chi connectivity index (χ2n) is 8.12. The monoisotopic (exact) mass is 430 g/mol. The van der Waals surface area contributed by atoms with Gasteiger partial charge in [0.25, 0.3) is 0 Å². The molecule has 1 aromatic rings. The number of benzene rings is 1. The third-order valence-corrected chi connectivity index (χ3v) is 5.98. The van der Waals surface area contributed by atoms with Gasteiger partial charge in [0.05, 0.1) is 11.4 Å². The summed E-state index contributed by atoms with van der Waals surface area (Å²) in [6.07, 6.45) is 2.67. The maximum absolute atomic E-state index is 12.7. The van der Waals surface area contributed by atoms with Crippen LogP contribution < -0.4 is 21.7 Å². The van der Waals surface area contributed by atoms with Gasteiger partial charge in [-0.2, -0.15) is 0 Å². The first-order valence-electron chi connectivity index (χ1n) is 11.1. The van der Waals surface area contributed by atoms with Gasteiger partial charge in [-0.1, -0.05) is 6.07 Å². The summed E-state index contributed by atoms with van der Waals surface area (Å²) in [4.78, 5) is 41.2. The number of anilines is 2. The van der Waals surface area contributed by atoms with Gasteiger partial charge in [0, 0.05) is 59.2 Å². The van der Waals surface area contributed by atoms with E-state index in [1.54, 1.807) is 11.9 Å². The van der Waals surface area contributed by atoms with Crippen molar-refractivity contribution in [2.45, 2.75) is 44.7 Å². The molecule has 2 fully saturated rings. The highest BCUT2D eigenvalue weighted by atomic mass is 16.2. The van der Waals surface area contributed by atoms with Gasteiger partial charge in [-0.15, -0.1) is 0 Å². The Bertz CT molecular complexity index is 793. The molecule has 9 nitrogen and oxygen atoms in total. The van der Waals surface area contributed by atoms with Crippen molar-refractivity contribution in [1.82, 2.24) is 20.4 Å². The van der Waals surface area contributed by atoms with Gasteiger partial charge in [0.1, 0.15) is 6.04 Å². The molecule has 170 valence electrons. The Hall–Kier alpha value is -2.81. The zero-order chi connectivity index (χ0) is 22.2. The van der Waals surface area contributed by atoms with Crippen molar-refractivity contribution in [2.75, 3.05) is 50.8 Å². The molecular formula is C22H34N6O3. The van der Waals surface area contributed by atoms with Crippen LogP contribution in [-0.2, 0) is 20.9 Å². The molecule has 1 atom stereocenters. The first-order chi connectivity index (χ1) is 15.0. The molecule has 0 radical (unpaired) electrons. The van der Waals surface area contributed by atoms with Crippen molar-refractivity contribution in [3.05, 3.63) is 23.8 Å². The summed E-state index contributed by atoms with van der Waals surface area (Å²) in [7, 11) is 1.81. The van der Waals surface area contributed by atoms with Crippen LogP contribution in [0.25, 0.3) is 0 Å². The average Bonchev–Trinajstić information content (AvgIpc) is 3.28. The molecule has 0 aliphatic carbocycles. The zero-order valence-electron chi connectivity index (χ0n) is 18.3. The molecule has 0 aromatic heterocycles. The molecule has 5 N–H and O–H groups in total. The van der Waals surface area contributed by atoms with Crippen LogP contribution in [0.5, 0.6) is 0 Å². The summed E-state index contributed by atoms with van der Waals surface area (Å²) in [5.74, 6) is -0.0824. The van der Waals surface area contributed by atoms with E-state index in [4.69, 9.17) is 5.73 Å². The normalized spacial score (nSPS) is 18.7. The molecular weight excluding hydrogens is 396 g/mol. The largest absolute Gasteiger partial charge is 0.397 e. The molecule has 1 aromatic carbocycles. The summed E-state index contributed by atoms with van der Waals surface area (Å²) in [6, 6.07) is 5.18. The minimum absolute atomic E-state index is 0.0478. The minimum atomic E-state index is -0.440. The average molecular weight is 431 g/mol. The first-order valence-corrected chi connectivity index (χ1v) is 11.1. The smallest absolute Gasteiger partial charge is 0.243 e. The molecule has 2 heterocycles. The van der Waals surface area contributed by atoms with E-state index in [0.29, 0.717) is 44.5 Å². The Kier molecular flexibility index (Phi) is 8.11. The number of rotatable bonds is 8. The summed E-state index contributed by atoms with van der Waals surface area (Å²) in [5.41, 5.74) is 8.36. The van der Waals surface area contributed by atoms with Crippen LogP contribution >= 0.6 is 0 Å². The van der Waals surface area contributed by atoms with E-state index in [0.717, 1.165) is 43.9 Å². The Morgan fingerprint density at radius 2 is 1.87 bits per heavy atom. The van der Waals surface area contributed by atoms with E-state index >= 15 is 0 Å². The number of nitrogens with zero attached hydrogens (tertiary/aromatic N) is 2. The number of nitrogen functional groups attached to an aromatic ring is 1. The van der Waals surface area contributed by atoms with Gasteiger partial charge in [0.2, 0.25) is 17.7 Å². The van der Waals surface area contributed by atoms with Gasteiger partial charge in [-0.05, 0) is 37.0 Å². The van der Waals surface area contributed by atoms with E-state index < -0.39 is 6.04 Å². The van der Waals surface area contributed by atoms with Crippen molar-refractivity contribution in [3.63, 3.8) is 0 Å². The fraction of sp³-hybridized carbons (Fsp3) is 0.591. The Balaban J connectivity index is 1.44. The number of hydrogen-bond donors (Lipinski definition) is 4. The summed E-state index contributed by atoms with van der Waals surface area (Å²) >= 11 is 0. The maximum Gasteiger partial charge on any atom is 0.243 e. The van der Waals surface area contributed by atoms with Crippen LogP contribution in [-0.4, -0.2) is 73.3 Å². The van der Waals surface area contributed by atoms with E-state index in [-0.39, 0.29) is 17.7 Å². The van der Waals surface area contributed by atoms with E-state index in [9.17, 15) is 14.4 Å². The highest BCUT2D eigenvalue weighted by molar-refractivity contribution is 5.88. The molecule has 2 saturated heterocycles. The van der Waals surface area contributed by atoms with Crippen molar-refractivity contribution in [1.29, 1.82) is 0 Å². The number of hydrogen-bond acceptors (Lipinski definition) is 6. The fourth-order valence-electron chi connectivity index (χ4n) is 4.20. The zero-order valence-corrected chi connectivity index (χ0v) is 18.3. The number of carbonyl (C=O) groups is 3. The predicted molar refractivity (Wildman–Crippen MR) is 120 cm³/mol. The highest BCUT2D eigenvalue weighted by Crippen LogP contribution is 2.21. The van der Waals surface area contributed by atoms with Crippen LogP contribution in [0.3, 0.4) is 0 Å². The lowest BCUT2D eigenvalue weighted by Crippen LogP contribution is -2.46. The number of carbonyl (C=O) groups excluding carboxylic acids is 3. The number of amides is 3. The number of likely N-dealkylation sites (tertiary alicyclic amines) is 1. The van der Waals surface area contributed by atoms with Crippen molar-refractivity contribution >= 4 is 29.1 Å². The standard InChI is InChI=1S/C22H34N6O3/c1-24-18-8-7-16(14-17(18)23)15-26-22(31)19-4-3-11-28(19)21(30)6-2-5-20(29)27-12-9-25-10-13-27/h7-8,14,19,24-25H,2-6,9-13,15,23H2,1H3,(H,26,31). The summed E-state index contributed by atoms with van der Waals surface area (Å²) in [5, 5.41) is 9.17. The quantitative estimate of drug-likeness (QED) is 0.447. The lowest BCUT2D eigenvalue weighted by Gasteiger charge is -2.27. The summed E-state index contributed by atoms with van der Waals surface area (Å²) in [6.45, 7) is 4.05. The predicted octanol–water partition coefficient (Wildman–Crippen LogP) is 0.520.